The van der Waals surface area contributed by atoms with E-state index in [4.69, 9.17) is 5.73 Å². The molecule has 2 rings (SSSR count). The first-order valence-corrected chi connectivity index (χ1v) is 7.69. The van der Waals surface area contributed by atoms with Crippen molar-refractivity contribution in [2.24, 2.45) is 5.73 Å². The Bertz CT molecular complexity index is 464. The van der Waals surface area contributed by atoms with Gasteiger partial charge in [0.1, 0.15) is 0 Å². The van der Waals surface area contributed by atoms with Crippen molar-refractivity contribution in [2.45, 2.75) is 10.9 Å². The summed E-state index contributed by atoms with van der Waals surface area (Å²) in [4.78, 5) is 2.45. The van der Waals surface area contributed by atoms with Crippen LogP contribution in [0, 0.1) is 0 Å². The molecule has 0 spiro atoms. The molecule has 2 aromatic rings. The smallest absolute Gasteiger partial charge is 0.0702 e. The zero-order chi connectivity index (χ0) is 11.5. The van der Waals surface area contributed by atoms with Crippen LogP contribution in [0.4, 0.5) is 0 Å². The first-order chi connectivity index (χ1) is 7.70. The van der Waals surface area contributed by atoms with E-state index in [1.54, 1.807) is 23.1 Å². The van der Waals surface area contributed by atoms with E-state index in [2.05, 4.69) is 52.5 Å². The second-order valence-electron chi connectivity index (χ2n) is 3.39. The maximum Gasteiger partial charge on any atom is 0.0702 e. The van der Waals surface area contributed by atoms with Gasteiger partial charge in [-0.05, 0) is 52.0 Å². The highest BCUT2D eigenvalue weighted by molar-refractivity contribution is 9.11. The molecule has 1 aromatic heterocycles. The van der Waals surface area contributed by atoms with E-state index in [9.17, 15) is 0 Å². The highest BCUT2D eigenvalue weighted by Gasteiger charge is 2.10. The van der Waals surface area contributed by atoms with Crippen LogP contribution in [0.5, 0.6) is 0 Å². The average molecular weight is 314 g/mol. The molecular formula is C12H12BrNS2. The zero-order valence-corrected chi connectivity index (χ0v) is 12.0. The minimum absolute atomic E-state index is 0.0211. The molecule has 0 amide bonds. The van der Waals surface area contributed by atoms with Gasteiger partial charge in [0.2, 0.25) is 0 Å². The minimum Gasteiger partial charge on any atom is -0.320 e. The van der Waals surface area contributed by atoms with Crippen LogP contribution in [0.25, 0.3) is 0 Å². The molecule has 1 nitrogen and oxygen atoms in total. The van der Waals surface area contributed by atoms with Crippen molar-refractivity contribution >= 4 is 39.0 Å². The molecule has 16 heavy (non-hydrogen) atoms. The standard InChI is InChI=1S/C12H12BrNS2/c1-15-9-4-2-8(3-5-9)12(14)10-6-7-11(13)16-10/h2-7,12H,14H2,1H3. The average Bonchev–Trinajstić information content (AvgIpc) is 2.75. The van der Waals surface area contributed by atoms with Crippen LogP contribution >= 0.6 is 39.0 Å². The van der Waals surface area contributed by atoms with Crippen LogP contribution in [0.3, 0.4) is 0 Å². The van der Waals surface area contributed by atoms with E-state index in [-0.39, 0.29) is 6.04 Å². The number of halogens is 1. The van der Waals surface area contributed by atoms with Crippen LogP contribution in [-0.2, 0) is 0 Å². The topological polar surface area (TPSA) is 26.0 Å². The highest BCUT2D eigenvalue weighted by Crippen LogP contribution is 2.30. The Balaban J connectivity index is 2.23. The summed E-state index contributed by atoms with van der Waals surface area (Å²) in [6, 6.07) is 12.5. The number of benzene rings is 1. The SMILES string of the molecule is CSc1ccc(C(N)c2ccc(Br)s2)cc1. The van der Waals surface area contributed by atoms with Gasteiger partial charge in [0.15, 0.2) is 0 Å². The first kappa shape index (κ1) is 12.2. The maximum atomic E-state index is 6.20. The van der Waals surface area contributed by atoms with Gasteiger partial charge in [0, 0.05) is 9.77 Å². The minimum atomic E-state index is -0.0211. The number of thiophene rings is 1. The Morgan fingerprint density at radius 2 is 1.88 bits per heavy atom. The molecular weight excluding hydrogens is 302 g/mol. The van der Waals surface area contributed by atoms with E-state index in [1.165, 1.54) is 9.77 Å². The lowest BCUT2D eigenvalue weighted by Gasteiger charge is -2.10. The van der Waals surface area contributed by atoms with Gasteiger partial charge in [-0.25, -0.2) is 0 Å². The summed E-state index contributed by atoms with van der Waals surface area (Å²) in [6.45, 7) is 0. The lowest BCUT2D eigenvalue weighted by Crippen LogP contribution is -2.09. The van der Waals surface area contributed by atoms with Gasteiger partial charge in [-0.2, -0.15) is 0 Å². The molecule has 4 heteroatoms. The van der Waals surface area contributed by atoms with Crippen molar-refractivity contribution in [3.8, 4) is 0 Å². The first-order valence-electron chi connectivity index (χ1n) is 4.85. The van der Waals surface area contributed by atoms with Crippen LogP contribution in [0.2, 0.25) is 0 Å². The largest absolute Gasteiger partial charge is 0.320 e. The molecule has 1 atom stereocenters. The predicted molar refractivity (Wildman–Crippen MR) is 76.3 cm³/mol. The van der Waals surface area contributed by atoms with Gasteiger partial charge in [0.25, 0.3) is 0 Å². The summed E-state index contributed by atoms with van der Waals surface area (Å²) in [7, 11) is 0. The van der Waals surface area contributed by atoms with E-state index in [0.717, 1.165) is 9.35 Å². The van der Waals surface area contributed by atoms with Crippen molar-refractivity contribution in [3.05, 3.63) is 50.6 Å². The van der Waals surface area contributed by atoms with E-state index >= 15 is 0 Å². The lowest BCUT2D eigenvalue weighted by molar-refractivity contribution is 0.891. The highest BCUT2D eigenvalue weighted by atomic mass is 79.9. The van der Waals surface area contributed by atoms with E-state index in [0.29, 0.717) is 0 Å². The summed E-state index contributed by atoms with van der Waals surface area (Å²) in [5, 5.41) is 0. The Labute approximate surface area is 112 Å². The number of hydrogen-bond donors (Lipinski definition) is 1. The second-order valence-corrected chi connectivity index (χ2v) is 6.77. The number of hydrogen-bond acceptors (Lipinski definition) is 3. The third-order valence-corrected chi connectivity index (χ3v) is 4.83. The summed E-state index contributed by atoms with van der Waals surface area (Å²) >= 11 is 6.89. The van der Waals surface area contributed by atoms with Crippen molar-refractivity contribution in [3.63, 3.8) is 0 Å². The molecule has 1 unspecified atom stereocenters. The summed E-state index contributed by atoms with van der Waals surface area (Å²) in [6.07, 6.45) is 2.07. The summed E-state index contributed by atoms with van der Waals surface area (Å²) < 4.78 is 1.12. The fourth-order valence-electron chi connectivity index (χ4n) is 1.47. The van der Waals surface area contributed by atoms with Gasteiger partial charge in [-0.3, -0.25) is 0 Å². The van der Waals surface area contributed by atoms with Crippen LogP contribution in [0.15, 0.2) is 45.1 Å². The fraction of sp³-hybridized carbons (Fsp3) is 0.167. The molecule has 0 bridgehead atoms. The normalized spacial score (nSPS) is 12.7. The van der Waals surface area contributed by atoms with Crippen molar-refractivity contribution < 1.29 is 0 Å². The van der Waals surface area contributed by atoms with Crippen LogP contribution in [0.1, 0.15) is 16.5 Å². The molecule has 0 fully saturated rings. The van der Waals surface area contributed by atoms with Crippen molar-refractivity contribution in [1.82, 2.24) is 0 Å². The molecule has 0 aliphatic carbocycles. The zero-order valence-electron chi connectivity index (χ0n) is 8.81. The third-order valence-electron chi connectivity index (χ3n) is 2.38. The molecule has 84 valence electrons. The molecule has 2 N–H and O–H groups in total. The van der Waals surface area contributed by atoms with Crippen molar-refractivity contribution in [2.75, 3.05) is 6.26 Å². The molecule has 0 saturated heterocycles. The van der Waals surface area contributed by atoms with E-state index in [1.807, 2.05) is 6.07 Å². The van der Waals surface area contributed by atoms with Gasteiger partial charge in [-0.1, -0.05) is 12.1 Å². The molecule has 0 saturated carbocycles. The predicted octanol–water partition coefficient (Wildman–Crippen LogP) is 4.28. The van der Waals surface area contributed by atoms with Crippen LogP contribution in [-0.4, -0.2) is 6.26 Å². The Morgan fingerprint density at radius 3 is 2.38 bits per heavy atom. The van der Waals surface area contributed by atoms with Crippen molar-refractivity contribution in [1.29, 1.82) is 0 Å². The molecule has 1 aromatic carbocycles. The molecule has 0 radical (unpaired) electrons. The van der Waals surface area contributed by atoms with Gasteiger partial charge in [-0.15, -0.1) is 23.1 Å². The fourth-order valence-corrected chi connectivity index (χ4v) is 3.33. The Hall–Kier alpha value is -0.290. The lowest BCUT2D eigenvalue weighted by atomic mass is 10.1. The van der Waals surface area contributed by atoms with Gasteiger partial charge >= 0.3 is 0 Å². The summed E-state index contributed by atoms with van der Waals surface area (Å²) in [5.41, 5.74) is 7.36. The maximum absolute atomic E-state index is 6.20. The van der Waals surface area contributed by atoms with E-state index < -0.39 is 0 Å². The number of rotatable bonds is 3. The molecule has 1 heterocycles. The van der Waals surface area contributed by atoms with Gasteiger partial charge in [0.05, 0.1) is 9.83 Å². The number of thioether (sulfide) groups is 1. The number of nitrogens with two attached hydrogens (primary N) is 1. The quantitative estimate of drug-likeness (QED) is 0.856. The Morgan fingerprint density at radius 1 is 1.19 bits per heavy atom. The monoisotopic (exact) mass is 313 g/mol. The molecule has 0 aliphatic heterocycles. The summed E-state index contributed by atoms with van der Waals surface area (Å²) in [5.74, 6) is 0. The van der Waals surface area contributed by atoms with Gasteiger partial charge < -0.3 is 5.73 Å². The molecule has 0 aliphatic rings. The van der Waals surface area contributed by atoms with Crippen LogP contribution < -0.4 is 5.73 Å². The third kappa shape index (κ3) is 2.69. The Kier molecular flexibility index (Phi) is 4.08. The second kappa shape index (κ2) is 5.36.